The Balaban J connectivity index is 1.94. The van der Waals surface area contributed by atoms with Gasteiger partial charge in [0.05, 0.1) is 11.8 Å². The maximum Gasteiger partial charge on any atom is 0.312 e. The zero-order valence-corrected chi connectivity index (χ0v) is 30.6. The molecule has 14 nitrogen and oxygen atoms in total. The molecule has 1 heterocycles. The minimum Gasteiger partial charge on any atom is -0.461 e. The summed E-state index contributed by atoms with van der Waals surface area (Å²) in [6.07, 6.45) is 2.60. The first-order valence-corrected chi connectivity index (χ1v) is 17.4. The molecule has 1 saturated heterocycles. The van der Waals surface area contributed by atoms with Crippen LogP contribution >= 0.6 is 0 Å². The molecule has 0 bridgehead atoms. The molecule has 3 atom stereocenters. The number of unbranched alkanes of at least 4 members (excludes halogenated alkanes) is 2. The molecule has 7 amide bonds. The lowest BCUT2D eigenvalue weighted by Crippen LogP contribution is -2.54. The first-order valence-electron chi connectivity index (χ1n) is 17.4. The number of nitrogens with zero attached hydrogens (tertiary/aromatic N) is 1. The second-order valence-electron chi connectivity index (χ2n) is 14.5. The minimum atomic E-state index is -0.990. The fourth-order valence-corrected chi connectivity index (χ4v) is 5.39. The van der Waals surface area contributed by atoms with E-state index in [-0.39, 0.29) is 79.3 Å². The highest BCUT2D eigenvalue weighted by molar-refractivity contribution is 6.04. The molecule has 1 aliphatic heterocycles. The molecule has 0 spiro atoms. The number of urea groups is 1. The molecule has 1 unspecified atom stereocenters. The van der Waals surface area contributed by atoms with Gasteiger partial charge in [0.25, 0.3) is 0 Å². The highest BCUT2D eigenvalue weighted by atomic mass is 16.5. The lowest BCUT2D eigenvalue weighted by atomic mass is 9.80. The molecule has 1 aromatic carbocycles. The van der Waals surface area contributed by atoms with Gasteiger partial charge in [-0.25, -0.2) is 4.79 Å². The first kappa shape index (κ1) is 41.7. The number of carbonyl (C=O) groups is 7. The largest absolute Gasteiger partial charge is 0.461 e. The number of benzene rings is 1. The van der Waals surface area contributed by atoms with E-state index in [1.54, 1.807) is 52.0 Å². The molecular weight excluding hydrogens is 644 g/mol. The molecule has 6 N–H and O–H groups in total. The average Bonchev–Trinajstić information content (AvgIpc) is 3.33. The van der Waals surface area contributed by atoms with E-state index in [9.17, 15) is 33.6 Å². The average molecular weight is 701 g/mol. The quantitative estimate of drug-likeness (QED) is 0.0820. The highest BCUT2D eigenvalue weighted by Crippen LogP contribution is 2.35. The van der Waals surface area contributed by atoms with Crippen LogP contribution in [0.15, 0.2) is 24.3 Å². The number of hydrogen-bond donors (Lipinski definition) is 5. The van der Waals surface area contributed by atoms with E-state index in [0.717, 1.165) is 5.56 Å². The number of imide groups is 1. The van der Waals surface area contributed by atoms with E-state index in [2.05, 4.69) is 21.3 Å². The summed E-state index contributed by atoms with van der Waals surface area (Å²) in [5, 5.41) is 10.8. The van der Waals surface area contributed by atoms with E-state index < -0.39 is 29.9 Å². The summed E-state index contributed by atoms with van der Waals surface area (Å²) in [4.78, 5) is 88.9. The Hall–Kier alpha value is -4.49. The Labute approximate surface area is 295 Å². The monoisotopic (exact) mass is 700 g/mol. The fraction of sp³-hybridized carbons (Fsp3) is 0.639. The maximum atomic E-state index is 13.4. The Morgan fingerprint density at radius 1 is 0.920 bits per heavy atom. The normalized spacial score (nSPS) is 15.9. The molecule has 278 valence electrons. The molecule has 1 aliphatic rings. The van der Waals surface area contributed by atoms with Crippen LogP contribution in [-0.2, 0) is 40.1 Å². The number of amides is 7. The number of primary amides is 1. The molecule has 1 aromatic rings. The van der Waals surface area contributed by atoms with Crippen LogP contribution in [0.2, 0.25) is 0 Å². The number of carbonyl (C=O) groups excluding carboxylic acids is 7. The Bertz CT molecular complexity index is 1360. The summed E-state index contributed by atoms with van der Waals surface area (Å²) in [7, 11) is 0. The topological polar surface area (TPSA) is 206 Å². The summed E-state index contributed by atoms with van der Waals surface area (Å²) >= 11 is 0. The second kappa shape index (κ2) is 19.6. The van der Waals surface area contributed by atoms with Crippen molar-refractivity contribution in [3.8, 4) is 0 Å². The first-order chi connectivity index (χ1) is 23.4. The SMILES string of the molecule is CC(C)C(=O)OCc1ccc(NC(=O)[C@H](CCCNC(N)=O)NC(=O)[C@@H](NC(=O)CCCCCN2C(=O)CC(C(C)(C)C)C2=O)C(C)C)cc1. The van der Waals surface area contributed by atoms with Gasteiger partial charge in [-0.05, 0) is 54.7 Å². The summed E-state index contributed by atoms with van der Waals surface area (Å²) < 4.78 is 5.24. The number of hydrogen-bond acceptors (Lipinski definition) is 8. The van der Waals surface area contributed by atoms with Gasteiger partial charge in [-0.2, -0.15) is 0 Å². The number of ether oxygens (including phenoxy) is 1. The number of rotatable bonds is 19. The third-order valence-electron chi connectivity index (χ3n) is 8.52. The van der Waals surface area contributed by atoms with Crippen molar-refractivity contribution in [2.75, 3.05) is 18.4 Å². The standard InChI is InChI=1S/C36H56N6O8/c1-22(2)30(41-28(43)13-9-8-10-19-42-29(44)20-26(33(42)47)36(5,6)7)32(46)40-27(12-11-18-38-35(37)49)31(45)39-25-16-14-24(15-17-25)21-50-34(48)23(3)4/h14-17,22-23,26-27,30H,8-13,18-21H2,1-7H3,(H,39,45)(H,40,46)(H,41,43)(H3,37,38,49)/t26?,27-,30-/m0/s1. The van der Waals surface area contributed by atoms with Crippen LogP contribution in [0.5, 0.6) is 0 Å². The van der Waals surface area contributed by atoms with Gasteiger partial charge in [0.2, 0.25) is 29.5 Å². The van der Waals surface area contributed by atoms with Crippen molar-refractivity contribution in [2.45, 2.75) is 112 Å². The van der Waals surface area contributed by atoms with Gasteiger partial charge >= 0.3 is 12.0 Å². The van der Waals surface area contributed by atoms with E-state index in [1.807, 2.05) is 20.8 Å². The molecule has 0 radical (unpaired) electrons. The van der Waals surface area contributed by atoms with Crippen molar-refractivity contribution in [1.82, 2.24) is 20.9 Å². The third kappa shape index (κ3) is 13.8. The lowest BCUT2D eigenvalue weighted by molar-refractivity contribution is -0.148. The molecule has 14 heteroatoms. The van der Waals surface area contributed by atoms with Crippen molar-refractivity contribution < 1.29 is 38.3 Å². The Morgan fingerprint density at radius 3 is 2.14 bits per heavy atom. The van der Waals surface area contributed by atoms with Gasteiger partial charge in [0.15, 0.2) is 0 Å². The number of anilines is 1. The number of esters is 1. The summed E-state index contributed by atoms with van der Waals surface area (Å²) in [6.45, 7) is 13.5. The summed E-state index contributed by atoms with van der Waals surface area (Å²) in [5.74, 6) is -2.82. The van der Waals surface area contributed by atoms with Crippen molar-refractivity contribution in [3.05, 3.63) is 29.8 Å². The van der Waals surface area contributed by atoms with Crippen molar-refractivity contribution in [2.24, 2.45) is 28.9 Å². The molecule has 50 heavy (non-hydrogen) atoms. The van der Waals surface area contributed by atoms with Gasteiger partial charge in [0.1, 0.15) is 18.7 Å². The smallest absolute Gasteiger partial charge is 0.312 e. The highest BCUT2D eigenvalue weighted by Gasteiger charge is 2.44. The number of nitrogens with two attached hydrogens (primary N) is 1. The molecule has 1 fully saturated rings. The predicted octanol–water partition coefficient (Wildman–Crippen LogP) is 3.38. The van der Waals surface area contributed by atoms with E-state index in [4.69, 9.17) is 10.5 Å². The molecule has 0 aliphatic carbocycles. The Morgan fingerprint density at radius 2 is 1.58 bits per heavy atom. The molecule has 2 rings (SSSR count). The molecule has 0 aromatic heterocycles. The lowest BCUT2D eigenvalue weighted by Gasteiger charge is -2.25. The van der Waals surface area contributed by atoms with Gasteiger partial charge in [-0.1, -0.05) is 67.0 Å². The second-order valence-corrected chi connectivity index (χ2v) is 14.5. The van der Waals surface area contributed by atoms with E-state index in [0.29, 0.717) is 37.9 Å². The van der Waals surface area contributed by atoms with Crippen LogP contribution in [0.1, 0.15) is 99.0 Å². The van der Waals surface area contributed by atoms with Crippen molar-refractivity contribution >= 4 is 47.2 Å². The Kier molecular flexibility index (Phi) is 16.4. The van der Waals surface area contributed by atoms with Crippen LogP contribution in [0.25, 0.3) is 0 Å². The van der Waals surface area contributed by atoms with Crippen LogP contribution in [0.4, 0.5) is 10.5 Å². The van der Waals surface area contributed by atoms with Gasteiger partial charge in [0, 0.05) is 31.6 Å². The van der Waals surface area contributed by atoms with Gasteiger partial charge < -0.3 is 31.7 Å². The van der Waals surface area contributed by atoms with E-state index >= 15 is 0 Å². The van der Waals surface area contributed by atoms with Crippen LogP contribution in [0.3, 0.4) is 0 Å². The molecule has 0 saturated carbocycles. The van der Waals surface area contributed by atoms with Crippen molar-refractivity contribution in [3.63, 3.8) is 0 Å². The summed E-state index contributed by atoms with van der Waals surface area (Å²) in [6, 6.07) is 4.13. The van der Waals surface area contributed by atoms with Crippen LogP contribution in [0, 0.1) is 23.2 Å². The number of nitrogens with one attached hydrogen (secondary N) is 4. The minimum absolute atomic E-state index is 0.0950. The predicted molar refractivity (Wildman–Crippen MR) is 188 cm³/mol. The van der Waals surface area contributed by atoms with Crippen molar-refractivity contribution in [1.29, 1.82) is 0 Å². The maximum absolute atomic E-state index is 13.4. The zero-order chi connectivity index (χ0) is 37.6. The van der Waals surface area contributed by atoms with E-state index in [1.165, 1.54) is 4.90 Å². The van der Waals surface area contributed by atoms with Gasteiger partial charge in [-0.3, -0.25) is 33.7 Å². The molecular formula is C36H56N6O8. The number of likely N-dealkylation sites (tertiary alicyclic amines) is 1. The zero-order valence-electron chi connectivity index (χ0n) is 30.6. The third-order valence-corrected chi connectivity index (χ3v) is 8.52. The van der Waals surface area contributed by atoms with Crippen LogP contribution < -0.4 is 27.0 Å². The van der Waals surface area contributed by atoms with Gasteiger partial charge in [-0.15, -0.1) is 0 Å². The fourth-order valence-electron chi connectivity index (χ4n) is 5.39. The summed E-state index contributed by atoms with van der Waals surface area (Å²) in [5.41, 5.74) is 6.06. The van der Waals surface area contributed by atoms with Crippen LogP contribution in [-0.4, -0.2) is 71.6 Å².